The maximum Gasteiger partial charge on any atom is 0.238 e. The summed E-state index contributed by atoms with van der Waals surface area (Å²) in [7, 11) is -3.61. The number of carbonyl (C=O) groups excluding carboxylic acids is 1. The first kappa shape index (κ1) is 21.0. The number of carbonyl (C=O) groups is 1. The molecule has 0 fully saturated rings. The molecule has 0 unspecified atom stereocenters. The average molecular weight is 416 g/mol. The third kappa shape index (κ3) is 5.90. The molecule has 7 nitrogen and oxygen atoms in total. The molecule has 0 aliphatic carbocycles. The molecule has 0 saturated heterocycles. The van der Waals surface area contributed by atoms with Crippen molar-refractivity contribution in [1.29, 1.82) is 0 Å². The maximum absolute atomic E-state index is 12.9. The van der Waals surface area contributed by atoms with E-state index in [1.54, 1.807) is 6.20 Å². The van der Waals surface area contributed by atoms with Gasteiger partial charge in [0.2, 0.25) is 15.9 Å². The highest BCUT2D eigenvalue weighted by atomic mass is 32.2. The van der Waals surface area contributed by atoms with Crippen LogP contribution in [0.15, 0.2) is 60.8 Å². The second-order valence-electron chi connectivity index (χ2n) is 7.08. The van der Waals surface area contributed by atoms with E-state index in [0.29, 0.717) is 6.42 Å². The Bertz CT molecular complexity index is 1060. The number of fused-ring (bicyclic) bond motifs is 1. The molecule has 0 aliphatic rings. The molecule has 0 bridgehead atoms. The summed E-state index contributed by atoms with van der Waals surface area (Å²) in [6.07, 6.45) is 3.44. The first-order valence-electron chi connectivity index (χ1n) is 9.33. The van der Waals surface area contributed by atoms with Crippen molar-refractivity contribution in [1.82, 2.24) is 15.0 Å². The van der Waals surface area contributed by atoms with Crippen molar-refractivity contribution < 1.29 is 18.3 Å². The van der Waals surface area contributed by atoms with Crippen molar-refractivity contribution in [2.24, 2.45) is 0 Å². The van der Waals surface area contributed by atoms with Crippen molar-refractivity contribution in [2.75, 3.05) is 12.9 Å². The van der Waals surface area contributed by atoms with Crippen LogP contribution in [0.25, 0.3) is 10.9 Å². The standard InChI is InChI=1S/C21H25N3O4S/c1-29(27,28)24-20(12-16-13-22-19-10-6-5-9-18(16)19)21(26)23-17(14-25)11-15-7-3-2-4-8-15/h2-10,13,17,20,22,24-25H,11-12,14H2,1H3,(H,23,26)/t17-,20+/m0/s1. The van der Waals surface area contributed by atoms with Crippen LogP contribution in [0.5, 0.6) is 0 Å². The van der Waals surface area contributed by atoms with Gasteiger partial charge in [0.1, 0.15) is 6.04 Å². The van der Waals surface area contributed by atoms with Crippen LogP contribution >= 0.6 is 0 Å². The monoisotopic (exact) mass is 415 g/mol. The Morgan fingerprint density at radius 1 is 1.07 bits per heavy atom. The molecule has 2 aromatic carbocycles. The fourth-order valence-electron chi connectivity index (χ4n) is 3.33. The van der Waals surface area contributed by atoms with Crippen LogP contribution in [0, 0.1) is 0 Å². The van der Waals surface area contributed by atoms with Gasteiger partial charge in [0.15, 0.2) is 0 Å². The molecule has 1 amide bonds. The number of H-pyrrole nitrogens is 1. The van der Waals surface area contributed by atoms with Crippen LogP contribution in [0.4, 0.5) is 0 Å². The van der Waals surface area contributed by atoms with Gasteiger partial charge in [-0.15, -0.1) is 0 Å². The van der Waals surface area contributed by atoms with E-state index in [9.17, 15) is 18.3 Å². The topological polar surface area (TPSA) is 111 Å². The molecule has 8 heteroatoms. The van der Waals surface area contributed by atoms with E-state index >= 15 is 0 Å². The lowest BCUT2D eigenvalue weighted by Crippen LogP contribution is -2.51. The summed E-state index contributed by atoms with van der Waals surface area (Å²) in [6.45, 7) is -0.251. The van der Waals surface area contributed by atoms with Gasteiger partial charge in [0, 0.05) is 17.1 Å². The molecule has 1 aromatic heterocycles. The minimum absolute atomic E-state index is 0.187. The Labute approximate surface area is 170 Å². The number of benzene rings is 2. The zero-order valence-corrected chi connectivity index (χ0v) is 16.9. The highest BCUT2D eigenvalue weighted by molar-refractivity contribution is 7.88. The lowest BCUT2D eigenvalue weighted by Gasteiger charge is -2.22. The van der Waals surface area contributed by atoms with E-state index in [1.807, 2.05) is 54.6 Å². The van der Waals surface area contributed by atoms with Gasteiger partial charge in [0.25, 0.3) is 0 Å². The van der Waals surface area contributed by atoms with Crippen molar-refractivity contribution in [3.8, 4) is 0 Å². The van der Waals surface area contributed by atoms with Gasteiger partial charge in [-0.05, 0) is 30.0 Å². The Hall–Kier alpha value is -2.68. The number of aliphatic hydroxyl groups excluding tert-OH is 1. The molecule has 0 saturated carbocycles. The third-order valence-corrected chi connectivity index (χ3v) is 5.38. The highest BCUT2D eigenvalue weighted by Crippen LogP contribution is 2.19. The molecule has 154 valence electrons. The number of hydrogen-bond acceptors (Lipinski definition) is 4. The summed E-state index contributed by atoms with van der Waals surface area (Å²) in [6, 6.07) is 15.6. The fourth-order valence-corrected chi connectivity index (χ4v) is 4.04. The second kappa shape index (κ2) is 9.21. The number of nitrogens with one attached hydrogen (secondary N) is 3. The summed E-state index contributed by atoms with van der Waals surface area (Å²) >= 11 is 0. The van der Waals surface area contributed by atoms with Gasteiger partial charge in [-0.2, -0.15) is 0 Å². The lowest BCUT2D eigenvalue weighted by molar-refractivity contribution is -0.123. The van der Waals surface area contributed by atoms with Gasteiger partial charge >= 0.3 is 0 Å². The van der Waals surface area contributed by atoms with E-state index in [2.05, 4.69) is 15.0 Å². The van der Waals surface area contributed by atoms with E-state index in [4.69, 9.17) is 0 Å². The minimum Gasteiger partial charge on any atom is -0.394 e. The Balaban J connectivity index is 1.77. The number of amides is 1. The smallest absolute Gasteiger partial charge is 0.238 e. The molecule has 2 atom stereocenters. The Kier molecular flexibility index (Phi) is 6.68. The van der Waals surface area contributed by atoms with Crippen molar-refractivity contribution >= 4 is 26.8 Å². The number of sulfonamides is 1. The van der Waals surface area contributed by atoms with E-state index < -0.39 is 28.0 Å². The molecule has 3 rings (SSSR count). The van der Waals surface area contributed by atoms with Crippen LogP contribution in [-0.4, -0.2) is 49.4 Å². The largest absolute Gasteiger partial charge is 0.394 e. The predicted octanol–water partition coefficient (Wildman–Crippen LogP) is 1.35. The first-order valence-corrected chi connectivity index (χ1v) is 11.2. The van der Waals surface area contributed by atoms with Crippen molar-refractivity contribution in [3.05, 3.63) is 71.9 Å². The third-order valence-electron chi connectivity index (χ3n) is 4.66. The summed E-state index contributed by atoms with van der Waals surface area (Å²) < 4.78 is 26.1. The number of aliphatic hydroxyl groups is 1. The van der Waals surface area contributed by atoms with Gasteiger partial charge in [0.05, 0.1) is 18.9 Å². The van der Waals surface area contributed by atoms with Crippen LogP contribution in [0.2, 0.25) is 0 Å². The quantitative estimate of drug-likeness (QED) is 0.423. The Morgan fingerprint density at radius 3 is 2.45 bits per heavy atom. The molecule has 0 spiro atoms. The van der Waals surface area contributed by atoms with E-state index in [-0.39, 0.29) is 13.0 Å². The number of rotatable bonds is 9. The summed E-state index contributed by atoms with van der Waals surface area (Å²) in [4.78, 5) is 16.0. The van der Waals surface area contributed by atoms with E-state index in [0.717, 1.165) is 28.3 Å². The molecule has 0 radical (unpaired) electrons. The number of hydrogen-bond donors (Lipinski definition) is 4. The van der Waals surface area contributed by atoms with Gasteiger partial charge in [-0.3, -0.25) is 4.79 Å². The number of aromatic amines is 1. The zero-order chi connectivity index (χ0) is 20.9. The van der Waals surface area contributed by atoms with Crippen LogP contribution in [0.3, 0.4) is 0 Å². The van der Waals surface area contributed by atoms with Gasteiger partial charge in [-0.1, -0.05) is 48.5 Å². The number of aromatic nitrogens is 1. The summed E-state index contributed by atoms with van der Waals surface area (Å²) in [5, 5.41) is 13.4. The molecular weight excluding hydrogens is 390 g/mol. The minimum atomic E-state index is -3.61. The lowest BCUT2D eigenvalue weighted by atomic mass is 10.0. The maximum atomic E-state index is 12.9. The normalized spacial score (nSPS) is 13.9. The predicted molar refractivity (Wildman–Crippen MR) is 113 cm³/mol. The Morgan fingerprint density at radius 2 is 1.76 bits per heavy atom. The van der Waals surface area contributed by atoms with Crippen molar-refractivity contribution in [3.63, 3.8) is 0 Å². The molecule has 0 aliphatic heterocycles. The van der Waals surface area contributed by atoms with Crippen LogP contribution in [-0.2, 0) is 27.7 Å². The first-order chi connectivity index (χ1) is 13.9. The second-order valence-corrected chi connectivity index (χ2v) is 8.86. The molecule has 1 heterocycles. The fraction of sp³-hybridized carbons (Fsp3) is 0.286. The molecule has 29 heavy (non-hydrogen) atoms. The highest BCUT2D eigenvalue weighted by Gasteiger charge is 2.25. The van der Waals surface area contributed by atoms with Crippen molar-refractivity contribution in [2.45, 2.75) is 24.9 Å². The average Bonchev–Trinajstić information content (AvgIpc) is 3.09. The zero-order valence-electron chi connectivity index (χ0n) is 16.1. The van der Waals surface area contributed by atoms with Gasteiger partial charge in [-0.25, -0.2) is 13.1 Å². The summed E-state index contributed by atoms with van der Waals surface area (Å²) in [5.41, 5.74) is 2.72. The number of para-hydroxylation sites is 1. The van der Waals surface area contributed by atoms with Crippen LogP contribution < -0.4 is 10.0 Å². The van der Waals surface area contributed by atoms with Crippen LogP contribution in [0.1, 0.15) is 11.1 Å². The summed E-state index contributed by atoms with van der Waals surface area (Å²) in [5.74, 6) is -0.476. The molecular formula is C21H25N3O4S. The molecule has 4 N–H and O–H groups in total. The van der Waals surface area contributed by atoms with E-state index in [1.165, 1.54) is 0 Å². The van der Waals surface area contributed by atoms with Gasteiger partial charge < -0.3 is 15.4 Å². The molecule has 3 aromatic rings. The SMILES string of the molecule is CS(=O)(=O)N[C@H](Cc1c[nH]c2ccccc12)C(=O)N[C@H](CO)Cc1ccccc1.